The van der Waals surface area contributed by atoms with Crippen molar-refractivity contribution in [3.05, 3.63) is 0 Å². The summed E-state index contributed by atoms with van der Waals surface area (Å²) in [6, 6.07) is -1.21. The van der Waals surface area contributed by atoms with E-state index in [0.29, 0.717) is 6.42 Å². The highest BCUT2D eigenvalue weighted by molar-refractivity contribution is 7.80. The van der Waals surface area contributed by atoms with Crippen molar-refractivity contribution in [1.82, 2.24) is 26.6 Å². The van der Waals surface area contributed by atoms with Crippen molar-refractivity contribution in [2.75, 3.05) is 24.3 Å². The van der Waals surface area contributed by atoms with Crippen LogP contribution < -0.4 is 26.6 Å². The summed E-state index contributed by atoms with van der Waals surface area (Å²) in [5.74, 6) is -1.13. The number of hydrogen-bond acceptors (Lipinski definition) is 12. The molecule has 0 aliphatic rings. The molecule has 0 bridgehead atoms. The Morgan fingerprint density at radius 3 is 1.74 bits per heavy atom. The minimum atomic E-state index is -1.47. The normalized spacial score (nSPS) is 21.4. The molecule has 2 amide bonds. The third kappa shape index (κ3) is 9.83. The van der Waals surface area contributed by atoms with Crippen LogP contribution in [0.4, 0.5) is 0 Å². The molecular weight excluding hydrogens is 514 g/mol. The van der Waals surface area contributed by atoms with Gasteiger partial charge in [-0.15, -0.1) is 0 Å². The van der Waals surface area contributed by atoms with Crippen LogP contribution in [0.3, 0.4) is 0 Å². The van der Waals surface area contributed by atoms with Gasteiger partial charge in [-0.3, -0.25) is 25.5 Å². The molecule has 0 radical (unpaired) electrons. The molecule has 0 rings (SSSR count). The zero-order valence-electron chi connectivity index (χ0n) is 21.4. The lowest BCUT2D eigenvalue weighted by atomic mass is 9.94. The van der Waals surface area contributed by atoms with Crippen LogP contribution in [0.25, 0.3) is 0 Å². The fraction of sp³-hybridized carbons (Fsp3) is 0.905. The van der Waals surface area contributed by atoms with Gasteiger partial charge in [-0.05, 0) is 34.1 Å². The number of aliphatic hydroxyl groups excluding tert-OH is 4. The zero-order chi connectivity index (χ0) is 27.6. The van der Waals surface area contributed by atoms with E-state index in [0.717, 1.165) is 6.42 Å². The summed E-state index contributed by atoms with van der Waals surface area (Å²) in [6.45, 7) is 8.05. The minimum Gasteiger partial charge on any atom is -0.391 e. The number of hydrogen-bond donors (Lipinski definition) is 12. The van der Waals surface area contributed by atoms with Gasteiger partial charge in [-0.2, -0.15) is 37.9 Å². The molecular formula is C21H45N5O6S3. The first kappa shape index (κ1) is 34.7. The first-order valence-corrected chi connectivity index (χ1v) is 13.4. The Bertz CT molecular complexity index is 681. The summed E-state index contributed by atoms with van der Waals surface area (Å²) in [6.07, 6.45) is -3.52. The number of nitrogens with one attached hydrogen (secondary N) is 5. The van der Waals surface area contributed by atoms with Crippen LogP contribution in [0.5, 0.6) is 0 Å². The molecule has 0 aromatic rings. The summed E-state index contributed by atoms with van der Waals surface area (Å²) in [5, 5.41) is 55.7. The van der Waals surface area contributed by atoms with E-state index in [2.05, 4.69) is 64.5 Å². The average molecular weight is 560 g/mol. The second-order valence-corrected chi connectivity index (χ2v) is 10.4. The predicted octanol–water partition coefficient (Wildman–Crippen LogP) is -1.81. The van der Waals surface area contributed by atoms with Gasteiger partial charge in [0.15, 0.2) is 0 Å². The van der Waals surface area contributed by atoms with Crippen LogP contribution in [0.2, 0.25) is 0 Å². The first-order chi connectivity index (χ1) is 16.1. The third-order valence-corrected chi connectivity index (χ3v) is 7.91. The maximum Gasteiger partial charge on any atom is 0.245 e. The molecule has 0 spiro atoms. The van der Waals surface area contributed by atoms with E-state index in [1.165, 1.54) is 20.9 Å². The molecule has 0 aromatic heterocycles. The van der Waals surface area contributed by atoms with E-state index in [9.17, 15) is 30.0 Å². The van der Waals surface area contributed by atoms with Gasteiger partial charge in [-0.1, -0.05) is 13.3 Å². The number of thiol groups is 3. The van der Waals surface area contributed by atoms with E-state index in [1.54, 1.807) is 13.8 Å². The fourth-order valence-corrected chi connectivity index (χ4v) is 3.89. The topological polar surface area (TPSA) is 175 Å². The molecule has 0 saturated heterocycles. The molecule has 11 nitrogen and oxygen atoms in total. The Morgan fingerprint density at radius 2 is 1.34 bits per heavy atom. The number of amides is 2. The van der Waals surface area contributed by atoms with Gasteiger partial charge >= 0.3 is 0 Å². The van der Waals surface area contributed by atoms with E-state index in [4.69, 9.17) is 0 Å². The minimum absolute atomic E-state index is 0.0389. The van der Waals surface area contributed by atoms with Crippen LogP contribution in [0.1, 0.15) is 47.5 Å². The summed E-state index contributed by atoms with van der Waals surface area (Å²) in [4.78, 5) is 25.1. The molecule has 0 aliphatic heterocycles. The van der Waals surface area contributed by atoms with Crippen LogP contribution >= 0.6 is 37.9 Å². The lowest BCUT2D eigenvalue weighted by Gasteiger charge is -2.45. The quantitative estimate of drug-likeness (QED) is 0.0724. The van der Waals surface area contributed by atoms with Crippen LogP contribution in [0.15, 0.2) is 0 Å². The molecule has 0 saturated carbocycles. The SMILES string of the molecule is CCCC(O)N[C@@](C)(CS)C(O)N[C@@](C)(CS)C(O)N[C@@](C)(CS)C(=O)N[C@H](C(=O)NC)[C@@H](C)O. The van der Waals surface area contributed by atoms with E-state index in [1.807, 2.05) is 6.92 Å². The summed E-state index contributed by atoms with van der Waals surface area (Å²) < 4.78 is 0. The molecule has 9 N–H and O–H groups in total. The van der Waals surface area contributed by atoms with Gasteiger partial charge in [-0.25, -0.2) is 0 Å². The second kappa shape index (κ2) is 15.2. The maximum atomic E-state index is 13.0. The summed E-state index contributed by atoms with van der Waals surface area (Å²) in [5.41, 5.74) is -3.80. The number of rotatable bonds is 17. The Kier molecular flexibility index (Phi) is 15.1. The smallest absolute Gasteiger partial charge is 0.245 e. The molecule has 0 fully saturated rings. The van der Waals surface area contributed by atoms with Crippen molar-refractivity contribution < 1.29 is 30.0 Å². The maximum absolute atomic E-state index is 13.0. The Hall–Kier alpha value is -0.290. The van der Waals surface area contributed by atoms with Crippen molar-refractivity contribution in [3.63, 3.8) is 0 Å². The van der Waals surface area contributed by atoms with Gasteiger partial charge in [0.2, 0.25) is 11.8 Å². The van der Waals surface area contributed by atoms with Crippen molar-refractivity contribution in [2.24, 2.45) is 0 Å². The molecule has 8 atom stereocenters. The highest BCUT2D eigenvalue weighted by Crippen LogP contribution is 2.21. The first-order valence-electron chi connectivity index (χ1n) is 11.5. The van der Waals surface area contributed by atoms with E-state index in [-0.39, 0.29) is 17.3 Å². The molecule has 35 heavy (non-hydrogen) atoms. The van der Waals surface area contributed by atoms with Gasteiger partial charge in [0.25, 0.3) is 0 Å². The van der Waals surface area contributed by atoms with Crippen molar-refractivity contribution in [2.45, 2.75) is 94.9 Å². The highest BCUT2D eigenvalue weighted by Gasteiger charge is 2.44. The lowest BCUT2D eigenvalue weighted by Crippen LogP contribution is -2.73. The van der Waals surface area contributed by atoms with Crippen LogP contribution in [-0.2, 0) is 9.59 Å². The molecule has 0 aromatic carbocycles. The van der Waals surface area contributed by atoms with Crippen molar-refractivity contribution in [3.8, 4) is 0 Å². The monoisotopic (exact) mass is 559 g/mol. The molecule has 14 heteroatoms. The number of carbonyl (C=O) groups excluding carboxylic acids is 2. The van der Waals surface area contributed by atoms with E-state index >= 15 is 0 Å². The van der Waals surface area contributed by atoms with Gasteiger partial charge in [0.05, 0.1) is 17.2 Å². The molecule has 208 valence electrons. The van der Waals surface area contributed by atoms with Crippen molar-refractivity contribution >= 4 is 49.7 Å². The number of aliphatic hydroxyl groups is 4. The van der Waals surface area contributed by atoms with Crippen LogP contribution in [0, 0.1) is 0 Å². The predicted molar refractivity (Wildman–Crippen MR) is 147 cm³/mol. The van der Waals surface area contributed by atoms with E-state index < -0.39 is 59.3 Å². The van der Waals surface area contributed by atoms with Crippen molar-refractivity contribution in [1.29, 1.82) is 0 Å². The number of carbonyl (C=O) groups is 2. The molecule has 3 unspecified atom stereocenters. The summed E-state index contributed by atoms with van der Waals surface area (Å²) >= 11 is 12.9. The van der Waals surface area contributed by atoms with Gasteiger partial charge < -0.3 is 31.1 Å². The Morgan fingerprint density at radius 1 is 0.857 bits per heavy atom. The third-order valence-electron chi connectivity index (χ3n) is 5.96. The zero-order valence-corrected chi connectivity index (χ0v) is 24.1. The second-order valence-electron chi connectivity index (χ2n) is 9.49. The number of likely N-dealkylation sites (N-methyl/N-ethyl adjacent to an activating group) is 1. The lowest BCUT2D eigenvalue weighted by molar-refractivity contribution is -0.135. The fourth-order valence-electron chi connectivity index (χ4n) is 3.13. The summed E-state index contributed by atoms with van der Waals surface area (Å²) in [7, 11) is 1.38. The average Bonchev–Trinajstić information content (AvgIpc) is 2.80. The molecule has 0 aliphatic carbocycles. The van der Waals surface area contributed by atoms with Gasteiger partial charge in [0.1, 0.15) is 30.3 Å². The highest BCUT2D eigenvalue weighted by atomic mass is 32.1. The van der Waals surface area contributed by atoms with Gasteiger partial charge in [0, 0.05) is 24.3 Å². The molecule has 0 heterocycles. The standard InChI is InChI=1S/C21H45N5O6S3/c1-7-8-13(28)24-20(4,10-34)17(31)26-21(5,11-35)18(32)25-19(3,9-33)16(30)23-14(12(2)27)15(29)22-6/h12-14,17-18,24-28,31-35H,7-11H2,1-6H3,(H,22,29)(H,23,30)/t12-,13?,14+,17?,18?,19+,20+,21+/m1/s1. The Balaban J connectivity index is 5.68. The van der Waals surface area contributed by atoms with Crippen LogP contribution in [-0.4, -0.2) is 104 Å². The Labute approximate surface area is 225 Å². The largest absolute Gasteiger partial charge is 0.391 e.